The van der Waals surface area contributed by atoms with Crippen LogP contribution in [-0.4, -0.2) is 9.97 Å². The summed E-state index contributed by atoms with van der Waals surface area (Å²) in [4.78, 5) is 8.81. The maximum atomic E-state index is 9.27. The second-order valence-corrected chi connectivity index (χ2v) is 14.5. The van der Waals surface area contributed by atoms with E-state index in [1.807, 2.05) is 69.3 Å². The molecule has 5 heteroatoms. The SMILES string of the molecule is [2H]C([2H])(c1ccc(-c2[c-]cccc2)nc1)C(C)(C)C.[2H]c1cc(CC(C)(C)C)cc([2H])c1-c1cc(-c2[c-]ccc3c2oc2cc(C#N)ccc23)ncc1C([2H])([2H])[2H].[Ir]. The van der Waals surface area contributed by atoms with Gasteiger partial charge in [0.05, 0.1) is 20.0 Å². The number of benzene rings is 4. The van der Waals surface area contributed by atoms with Gasteiger partial charge in [-0.3, -0.25) is 0 Å². The third kappa shape index (κ3) is 9.27. The van der Waals surface area contributed by atoms with Crippen molar-refractivity contribution in [2.75, 3.05) is 0 Å². The van der Waals surface area contributed by atoms with E-state index in [1.54, 1.807) is 42.6 Å². The van der Waals surface area contributed by atoms with Crippen molar-refractivity contribution in [3.05, 3.63) is 144 Å². The zero-order valence-corrected chi connectivity index (χ0v) is 31.9. The Bertz CT molecular complexity index is 2590. The van der Waals surface area contributed by atoms with E-state index in [0.29, 0.717) is 40.0 Å². The van der Waals surface area contributed by atoms with Crippen LogP contribution in [0, 0.1) is 41.1 Å². The zero-order chi connectivity index (χ0) is 41.5. The smallest absolute Gasteiger partial charge is 0.122 e. The van der Waals surface area contributed by atoms with Crippen LogP contribution in [0.2, 0.25) is 0 Å². The summed E-state index contributed by atoms with van der Waals surface area (Å²) in [5, 5.41) is 10.9. The molecule has 259 valence electrons. The monoisotopic (exact) mass is 853 g/mol. The molecule has 0 N–H and O–H groups in total. The van der Waals surface area contributed by atoms with Crippen molar-refractivity contribution in [3.8, 4) is 39.7 Å². The summed E-state index contributed by atoms with van der Waals surface area (Å²) in [6, 6.07) is 33.8. The molecule has 0 unspecified atom stereocenters. The maximum absolute atomic E-state index is 9.27. The van der Waals surface area contributed by atoms with Gasteiger partial charge in [0.2, 0.25) is 0 Å². The number of nitriles is 1. The summed E-state index contributed by atoms with van der Waals surface area (Å²) in [7, 11) is 0. The van der Waals surface area contributed by atoms with Gasteiger partial charge >= 0.3 is 0 Å². The Hall–Kier alpha value is -4.88. The summed E-state index contributed by atoms with van der Waals surface area (Å²) in [5.41, 5.74) is 5.68. The molecule has 4 aromatic carbocycles. The number of aromatic nitrogens is 2. The molecule has 3 aromatic heterocycles. The number of fused-ring (bicyclic) bond motifs is 3. The molecule has 0 atom stereocenters. The number of hydrogen-bond acceptors (Lipinski definition) is 4. The molecule has 1 radical (unpaired) electrons. The Morgan fingerprint density at radius 2 is 1.61 bits per heavy atom. The van der Waals surface area contributed by atoms with Crippen LogP contribution in [0.15, 0.2) is 114 Å². The van der Waals surface area contributed by atoms with E-state index in [9.17, 15) is 5.26 Å². The van der Waals surface area contributed by atoms with Gasteiger partial charge in [0, 0.05) is 44.7 Å². The summed E-state index contributed by atoms with van der Waals surface area (Å²) in [6.45, 7) is 9.46. The van der Waals surface area contributed by atoms with Gasteiger partial charge in [0.25, 0.3) is 0 Å². The second kappa shape index (κ2) is 15.6. The Morgan fingerprint density at radius 3 is 2.25 bits per heavy atom. The molecule has 0 saturated heterocycles. The van der Waals surface area contributed by atoms with Crippen LogP contribution in [0.5, 0.6) is 0 Å². The van der Waals surface area contributed by atoms with Crippen molar-refractivity contribution >= 4 is 21.9 Å². The molecule has 0 bridgehead atoms. The number of pyridine rings is 2. The van der Waals surface area contributed by atoms with Gasteiger partial charge in [0.15, 0.2) is 0 Å². The fourth-order valence-corrected chi connectivity index (χ4v) is 5.70. The standard InChI is InChI=1S/C30H25N2O.C16H18N.Ir/c1-19-18-32-27(15-26(19)22-11-8-20(9-12-22)16-30(2,3)4)25-7-5-6-24-23-13-10-21(17-31)14-28(23)33-29(24)25;1-16(2,3)11-13-9-10-15(17-12-13)14-7-5-4-6-8-14;/h5-6,8-15,18H,16H2,1-4H3;4-7,9-10,12H,11H2,1-3H3;/q2*-1;/i1D3,11D,12D;11D2;. The zero-order valence-electron chi connectivity index (χ0n) is 36.5. The average molecular weight is 853 g/mol. The Balaban J connectivity index is 0.000000270. The molecule has 7 aromatic rings. The van der Waals surface area contributed by atoms with Gasteiger partial charge in [-0.2, -0.15) is 5.26 Å². The van der Waals surface area contributed by atoms with E-state index >= 15 is 0 Å². The molecule has 0 aliphatic carbocycles. The first-order chi connectivity index (χ1) is 26.7. The van der Waals surface area contributed by atoms with E-state index in [4.69, 9.17) is 14.0 Å². The van der Waals surface area contributed by atoms with E-state index in [-0.39, 0.29) is 54.3 Å². The van der Waals surface area contributed by atoms with Crippen LogP contribution in [0.25, 0.3) is 55.6 Å². The predicted molar refractivity (Wildman–Crippen MR) is 206 cm³/mol. The minimum absolute atomic E-state index is 0. The predicted octanol–water partition coefficient (Wildman–Crippen LogP) is 12.0. The molecular formula is C46H43IrN3O-2. The topological polar surface area (TPSA) is 62.7 Å². The van der Waals surface area contributed by atoms with Crippen molar-refractivity contribution in [2.45, 2.75) is 61.2 Å². The number of aryl methyl sites for hydroxylation is 1. The van der Waals surface area contributed by atoms with Crippen LogP contribution in [0.3, 0.4) is 0 Å². The van der Waals surface area contributed by atoms with Crippen molar-refractivity contribution in [1.29, 1.82) is 5.26 Å². The van der Waals surface area contributed by atoms with Gasteiger partial charge in [-0.25, -0.2) is 0 Å². The molecule has 0 saturated carbocycles. The largest absolute Gasteiger partial charge is 0.501 e. The normalized spacial score (nSPS) is 13.9. The summed E-state index contributed by atoms with van der Waals surface area (Å²) in [6.07, 6.45) is 2.21. The van der Waals surface area contributed by atoms with E-state index in [0.717, 1.165) is 27.6 Å². The van der Waals surface area contributed by atoms with Gasteiger partial charge in [-0.15, -0.1) is 54.1 Å². The van der Waals surface area contributed by atoms with Gasteiger partial charge in [-0.05, 0) is 81.8 Å². The van der Waals surface area contributed by atoms with Crippen molar-refractivity contribution in [2.24, 2.45) is 10.8 Å². The first-order valence-electron chi connectivity index (χ1n) is 20.0. The molecule has 0 aliphatic heterocycles. The minimum atomic E-state index is -2.49. The molecule has 0 aliphatic rings. The van der Waals surface area contributed by atoms with Crippen molar-refractivity contribution in [3.63, 3.8) is 0 Å². The second-order valence-electron chi connectivity index (χ2n) is 14.5. The summed E-state index contributed by atoms with van der Waals surface area (Å²) >= 11 is 0. The Kier molecular flexibility index (Phi) is 8.78. The molecule has 51 heavy (non-hydrogen) atoms. The third-order valence-electron chi connectivity index (χ3n) is 7.80. The van der Waals surface area contributed by atoms with Crippen molar-refractivity contribution < 1.29 is 34.1 Å². The van der Waals surface area contributed by atoms with Crippen LogP contribution >= 0.6 is 0 Å². The molecule has 0 fully saturated rings. The van der Waals surface area contributed by atoms with E-state index < -0.39 is 18.6 Å². The maximum Gasteiger partial charge on any atom is 0.122 e. The van der Waals surface area contributed by atoms with Crippen molar-refractivity contribution in [1.82, 2.24) is 9.97 Å². The Labute approximate surface area is 325 Å². The molecular weight excluding hydrogens is 803 g/mol. The average Bonchev–Trinajstić information content (AvgIpc) is 3.52. The number of furan rings is 1. The third-order valence-corrected chi connectivity index (χ3v) is 7.80. The van der Waals surface area contributed by atoms with Crippen LogP contribution in [0.4, 0.5) is 0 Å². The summed E-state index contributed by atoms with van der Waals surface area (Å²) in [5.74, 6) is 0. The van der Waals surface area contributed by atoms with E-state index in [1.165, 1.54) is 6.20 Å². The number of rotatable bonds is 5. The van der Waals surface area contributed by atoms with Crippen LogP contribution in [0.1, 0.15) is 73.4 Å². The van der Waals surface area contributed by atoms with Gasteiger partial charge in [-0.1, -0.05) is 101 Å². The molecule has 0 amide bonds. The molecule has 7 rings (SSSR count). The van der Waals surface area contributed by atoms with Crippen LogP contribution < -0.4 is 0 Å². The number of nitrogens with zero attached hydrogens (tertiary/aromatic N) is 3. The first-order valence-corrected chi connectivity index (χ1v) is 16.5. The Morgan fingerprint density at radius 1 is 0.824 bits per heavy atom. The quantitative estimate of drug-likeness (QED) is 0.162. The molecule has 0 spiro atoms. The van der Waals surface area contributed by atoms with Gasteiger partial charge in [0.1, 0.15) is 5.58 Å². The summed E-state index contributed by atoms with van der Waals surface area (Å²) < 4.78 is 64.3. The molecule has 4 nitrogen and oxygen atoms in total. The van der Waals surface area contributed by atoms with Gasteiger partial charge < -0.3 is 14.4 Å². The fraction of sp³-hybridized carbons (Fsp3) is 0.239. The van der Waals surface area contributed by atoms with E-state index in [2.05, 4.69) is 48.9 Å². The fourth-order valence-electron chi connectivity index (χ4n) is 5.70. The number of hydrogen-bond donors (Lipinski definition) is 0. The van der Waals surface area contributed by atoms with Crippen LogP contribution in [-0.2, 0) is 32.9 Å². The minimum Gasteiger partial charge on any atom is -0.501 e. The first kappa shape index (κ1) is 28.8. The molecule has 3 heterocycles.